The third-order valence-electron chi connectivity index (χ3n) is 6.53. The van der Waals surface area contributed by atoms with Gasteiger partial charge in [-0.2, -0.15) is 0 Å². The van der Waals surface area contributed by atoms with Crippen LogP contribution in [0.4, 0.5) is 0 Å². The number of rotatable bonds is 5. The van der Waals surface area contributed by atoms with E-state index in [1.165, 1.54) is 19.3 Å². The maximum absolute atomic E-state index is 13.0. The Morgan fingerprint density at radius 3 is 2.04 bits per heavy atom. The average Bonchev–Trinajstić information content (AvgIpc) is 2.59. The quantitative estimate of drug-likeness (QED) is 0.864. The first-order valence-electron chi connectivity index (χ1n) is 9.73. The summed E-state index contributed by atoms with van der Waals surface area (Å²) in [5.41, 5.74) is 1.62. The highest BCUT2D eigenvalue weighted by molar-refractivity contribution is 5.94. The van der Waals surface area contributed by atoms with Gasteiger partial charge in [-0.25, -0.2) is 0 Å². The van der Waals surface area contributed by atoms with E-state index in [1.54, 1.807) is 0 Å². The van der Waals surface area contributed by atoms with Crippen LogP contribution in [0, 0.1) is 23.2 Å². The summed E-state index contributed by atoms with van der Waals surface area (Å²) < 4.78 is 0. The summed E-state index contributed by atoms with van der Waals surface area (Å²) in [4.78, 5) is 24.8. The Hall–Kier alpha value is -1.84. The molecule has 0 heterocycles. The number of benzene rings is 1. The highest BCUT2D eigenvalue weighted by atomic mass is 16.2. The van der Waals surface area contributed by atoms with Crippen molar-refractivity contribution in [3.8, 4) is 0 Å². The second kappa shape index (κ2) is 6.47. The summed E-state index contributed by atoms with van der Waals surface area (Å²) in [6, 6.07) is 7.53. The van der Waals surface area contributed by atoms with E-state index in [-0.39, 0.29) is 17.2 Å². The molecule has 5 rings (SSSR count). The molecule has 0 unspecified atom stereocenters. The molecule has 0 aromatic heterocycles. The minimum absolute atomic E-state index is 0.0494. The average molecular weight is 340 g/mol. The lowest BCUT2D eigenvalue weighted by molar-refractivity contribution is -0.146. The van der Waals surface area contributed by atoms with E-state index >= 15 is 0 Å². The van der Waals surface area contributed by atoms with Gasteiger partial charge in [0.05, 0.1) is 0 Å². The molecule has 4 bridgehead atoms. The first-order valence-corrected chi connectivity index (χ1v) is 9.73. The van der Waals surface area contributed by atoms with Gasteiger partial charge >= 0.3 is 0 Å². The van der Waals surface area contributed by atoms with Gasteiger partial charge in [0, 0.05) is 24.1 Å². The molecule has 25 heavy (non-hydrogen) atoms. The molecule has 134 valence electrons. The van der Waals surface area contributed by atoms with Crippen molar-refractivity contribution in [2.75, 3.05) is 6.54 Å². The molecule has 4 saturated carbocycles. The molecule has 4 heteroatoms. The molecule has 4 aliphatic rings. The monoisotopic (exact) mass is 340 g/mol. The van der Waals surface area contributed by atoms with Crippen molar-refractivity contribution in [3.63, 3.8) is 0 Å². The van der Waals surface area contributed by atoms with Crippen LogP contribution in [0.5, 0.6) is 0 Å². The van der Waals surface area contributed by atoms with Crippen molar-refractivity contribution in [2.45, 2.75) is 52.0 Å². The van der Waals surface area contributed by atoms with E-state index in [2.05, 4.69) is 10.6 Å². The van der Waals surface area contributed by atoms with Crippen LogP contribution in [0.25, 0.3) is 0 Å². The standard InChI is InChI=1S/C21H28N2O2/c1-2-22-19(24)18-5-3-14(4-6-18)13-23-20(25)21-10-15-7-16(11-21)9-17(8-15)12-21/h3-6,15-17H,2,7-13H2,1H3,(H,22,24)(H,23,25). The Kier molecular flexibility index (Phi) is 4.30. The van der Waals surface area contributed by atoms with E-state index < -0.39 is 0 Å². The largest absolute Gasteiger partial charge is 0.352 e. The fourth-order valence-corrected chi connectivity index (χ4v) is 5.80. The SMILES string of the molecule is CCNC(=O)c1ccc(CNC(=O)C23CC4CC(CC(C4)C2)C3)cc1. The molecule has 2 N–H and O–H groups in total. The fourth-order valence-electron chi connectivity index (χ4n) is 5.80. The van der Waals surface area contributed by atoms with Gasteiger partial charge in [0.1, 0.15) is 0 Å². The van der Waals surface area contributed by atoms with Crippen LogP contribution in [0.2, 0.25) is 0 Å². The maximum atomic E-state index is 13.0. The second-order valence-electron chi connectivity index (χ2n) is 8.44. The summed E-state index contributed by atoms with van der Waals surface area (Å²) >= 11 is 0. The molecule has 1 aromatic carbocycles. The molecular formula is C21H28N2O2. The van der Waals surface area contributed by atoms with Gasteiger partial charge in [0.15, 0.2) is 0 Å². The molecule has 0 spiro atoms. The van der Waals surface area contributed by atoms with Gasteiger partial charge in [-0.1, -0.05) is 12.1 Å². The molecule has 0 atom stereocenters. The number of carbonyl (C=O) groups excluding carboxylic acids is 2. The molecule has 0 radical (unpaired) electrons. The van der Waals surface area contributed by atoms with Crippen molar-refractivity contribution in [3.05, 3.63) is 35.4 Å². The van der Waals surface area contributed by atoms with Crippen LogP contribution < -0.4 is 10.6 Å². The summed E-state index contributed by atoms with van der Waals surface area (Å²) in [6.45, 7) is 3.09. The lowest BCUT2D eigenvalue weighted by atomic mass is 9.49. The third-order valence-corrected chi connectivity index (χ3v) is 6.53. The number of hydrogen-bond acceptors (Lipinski definition) is 2. The number of hydrogen-bond donors (Lipinski definition) is 2. The first-order chi connectivity index (χ1) is 12.1. The van der Waals surface area contributed by atoms with Gasteiger partial charge in [0.2, 0.25) is 5.91 Å². The Labute approximate surface area is 149 Å². The van der Waals surface area contributed by atoms with E-state index in [4.69, 9.17) is 0 Å². The predicted molar refractivity (Wildman–Crippen MR) is 96.9 cm³/mol. The summed E-state index contributed by atoms with van der Waals surface area (Å²) in [5, 5.41) is 5.99. The summed E-state index contributed by atoms with van der Waals surface area (Å²) in [5.74, 6) is 2.57. The Morgan fingerprint density at radius 2 is 1.52 bits per heavy atom. The van der Waals surface area contributed by atoms with E-state index in [0.717, 1.165) is 42.6 Å². The van der Waals surface area contributed by atoms with E-state index in [1.807, 2.05) is 31.2 Å². The Balaban J connectivity index is 1.37. The summed E-state index contributed by atoms with van der Waals surface area (Å²) in [6.07, 6.45) is 7.36. The van der Waals surface area contributed by atoms with Crippen LogP contribution >= 0.6 is 0 Å². The summed E-state index contributed by atoms with van der Waals surface area (Å²) in [7, 11) is 0. The highest BCUT2D eigenvalue weighted by Gasteiger charge is 2.54. The molecule has 0 aliphatic heterocycles. The molecule has 1 aromatic rings. The zero-order valence-electron chi connectivity index (χ0n) is 15.0. The van der Waals surface area contributed by atoms with Crippen LogP contribution in [-0.2, 0) is 11.3 Å². The van der Waals surface area contributed by atoms with Gasteiger partial charge in [-0.3, -0.25) is 9.59 Å². The van der Waals surface area contributed by atoms with Crippen molar-refractivity contribution >= 4 is 11.8 Å². The highest BCUT2D eigenvalue weighted by Crippen LogP contribution is 2.60. The normalized spacial score (nSPS) is 32.4. The molecule has 4 aliphatic carbocycles. The molecular weight excluding hydrogens is 312 g/mol. The fraction of sp³-hybridized carbons (Fsp3) is 0.619. The smallest absolute Gasteiger partial charge is 0.251 e. The number of amides is 2. The lowest BCUT2D eigenvalue weighted by Crippen LogP contribution is -2.53. The zero-order valence-corrected chi connectivity index (χ0v) is 15.0. The Bertz CT molecular complexity index is 630. The maximum Gasteiger partial charge on any atom is 0.251 e. The van der Waals surface area contributed by atoms with E-state index in [0.29, 0.717) is 18.7 Å². The topological polar surface area (TPSA) is 58.2 Å². The molecule has 4 nitrogen and oxygen atoms in total. The Morgan fingerprint density at radius 1 is 0.960 bits per heavy atom. The lowest BCUT2D eigenvalue weighted by Gasteiger charge is -2.55. The first kappa shape index (κ1) is 16.6. The van der Waals surface area contributed by atoms with Gasteiger partial charge < -0.3 is 10.6 Å². The second-order valence-corrected chi connectivity index (χ2v) is 8.44. The van der Waals surface area contributed by atoms with Crippen LogP contribution in [0.3, 0.4) is 0 Å². The van der Waals surface area contributed by atoms with Crippen molar-refractivity contribution in [1.82, 2.24) is 10.6 Å². The minimum atomic E-state index is -0.0876. The number of carbonyl (C=O) groups is 2. The number of nitrogens with one attached hydrogen (secondary N) is 2. The third kappa shape index (κ3) is 3.19. The van der Waals surface area contributed by atoms with E-state index in [9.17, 15) is 9.59 Å². The molecule has 2 amide bonds. The van der Waals surface area contributed by atoms with Crippen LogP contribution in [0.1, 0.15) is 61.4 Å². The minimum Gasteiger partial charge on any atom is -0.352 e. The van der Waals surface area contributed by atoms with Gasteiger partial charge in [-0.15, -0.1) is 0 Å². The van der Waals surface area contributed by atoms with Crippen LogP contribution in [0.15, 0.2) is 24.3 Å². The van der Waals surface area contributed by atoms with Crippen LogP contribution in [-0.4, -0.2) is 18.4 Å². The van der Waals surface area contributed by atoms with Gasteiger partial charge in [0.25, 0.3) is 5.91 Å². The van der Waals surface area contributed by atoms with Gasteiger partial charge in [-0.05, 0) is 80.9 Å². The van der Waals surface area contributed by atoms with Crippen molar-refractivity contribution < 1.29 is 9.59 Å². The predicted octanol–water partition coefficient (Wildman–Crippen LogP) is 3.27. The molecule has 0 saturated heterocycles. The zero-order chi connectivity index (χ0) is 17.4. The van der Waals surface area contributed by atoms with Crippen molar-refractivity contribution in [1.29, 1.82) is 0 Å². The molecule has 4 fully saturated rings. The van der Waals surface area contributed by atoms with Crippen molar-refractivity contribution in [2.24, 2.45) is 23.2 Å².